The predicted molar refractivity (Wildman–Crippen MR) is 78.2 cm³/mol. The highest BCUT2D eigenvalue weighted by Crippen LogP contribution is 2.24. The van der Waals surface area contributed by atoms with Gasteiger partial charge in [0, 0.05) is 18.3 Å². The van der Waals surface area contributed by atoms with E-state index in [2.05, 4.69) is 4.72 Å². The van der Waals surface area contributed by atoms with E-state index in [-0.39, 0.29) is 6.04 Å². The Kier molecular flexibility index (Phi) is 4.01. The summed E-state index contributed by atoms with van der Waals surface area (Å²) >= 11 is 0. The highest BCUT2D eigenvalue weighted by Gasteiger charge is 2.29. The van der Waals surface area contributed by atoms with Gasteiger partial charge in [0.15, 0.2) is 0 Å². The smallest absolute Gasteiger partial charge is 0.301 e. The van der Waals surface area contributed by atoms with Crippen LogP contribution in [-0.4, -0.2) is 25.3 Å². The summed E-state index contributed by atoms with van der Waals surface area (Å²) in [4.78, 5) is 0. The average molecular weight is 283 g/mol. The minimum Gasteiger partial charge on any atom is -0.399 e. The number of nitrogen functional groups attached to an aromatic ring is 1. The van der Waals surface area contributed by atoms with E-state index in [1.165, 1.54) is 0 Å². The third kappa shape index (κ3) is 3.19. The Morgan fingerprint density at radius 3 is 2.74 bits per heavy atom. The number of rotatable bonds is 3. The van der Waals surface area contributed by atoms with Crippen molar-refractivity contribution in [2.24, 2.45) is 0 Å². The van der Waals surface area contributed by atoms with Gasteiger partial charge in [0.05, 0.1) is 5.69 Å². The molecule has 1 atom stereocenters. The fourth-order valence-corrected chi connectivity index (χ4v) is 4.00. The standard InChI is InChI=1S/C13H21N3O2S/c1-10-9-12(14)6-7-13(10)15-19(17,18)16-8-4-3-5-11(16)2/h6-7,9,11,15H,3-5,8,14H2,1-2H3. The largest absolute Gasteiger partial charge is 0.399 e. The van der Waals surface area contributed by atoms with E-state index in [1.54, 1.807) is 22.5 Å². The van der Waals surface area contributed by atoms with Gasteiger partial charge in [-0.05, 0) is 50.5 Å². The molecule has 1 fully saturated rings. The first-order valence-corrected chi connectivity index (χ1v) is 8.00. The molecule has 1 aromatic carbocycles. The van der Waals surface area contributed by atoms with Crippen LogP contribution in [0.3, 0.4) is 0 Å². The maximum Gasteiger partial charge on any atom is 0.301 e. The summed E-state index contributed by atoms with van der Waals surface area (Å²) in [5, 5.41) is 0. The molecule has 0 saturated carbocycles. The second kappa shape index (κ2) is 5.38. The minimum atomic E-state index is -3.48. The van der Waals surface area contributed by atoms with E-state index in [0.717, 1.165) is 24.8 Å². The maximum absolute atomic E-state index is 12.4. The van der Waals surface area contributed by atoms with Crippen molar-refractivity contribution in [3.8, 4) is 0 Å². The van der Waals surface area contributed by atoms with Crippen LogP contribution in [0.5, 0.6) is 0 Å². The maximum atomic E-state index is 12.4. The van der Waals surface area contributed by atoms with Gasteiger partial charge in [-0.1, -0.05) is 6.42 Å². The van der Waals surface area contributed by atoms with Crippen molar-refractivity contribution in [1.29, 1.82) is 0 Å². The Hall–Kier alpha value is -1.27. The van der Waals surface area contributed by atoms with Crippen molar-refractivity contribution < 1.29 is 8.42 Å². The molecule has 0 radical (unpaired) electrons. The van der Waals surface area contributed by atoms with E-state index < -0.39 is 10.2 Å². The van der Waals surface area contributed by atoms with Crippen LogP contribution < -0.4 is 10.5 Å². The number of aryl methyl sites for hydroxylation is 1. The minimum absolute atomic E-state index is 0.0559. The Labute approximate surface area is 115 Å². The van der Waals surface area contributed by atoms with Gasteiger partial charge in [-0.3, -0.25) is 4.72 Å². The molecule has 0 amide bonds. The van der Waals surface area contributed by atoms with Gasteiger partial charge in [0.1, 0.15) is 0 Å². The lowest BCUT2D eigenvalue weighted by molar-refractivity contribution is 0.270. The van der Waals surface area contributed by atoms with Crippen molar-refractivity contribution >= 4 is 21.6 Å². The zero-order valence-electron chi connectivity index (χ0n) is 11.4. The van der Waals surface area contributed by atoms with Crippen LogP contribution in [0.15, 0.2) is 18.2 Å². The fourth-order valence-electron chi connectivity index (χ4n) is 2.43. The van der Waals surface area contributed by atoms with Crippen LogP contribution in [0.4, 0.5) is 11.4 Å². The zero-order chi connectivity index (χ0) is 14.0. The second-order valence-corrected chi connectivity index (χ2v) is 6.76. The van der Waals surface area contributed by atoms with Crippen LogP contribution in [0.2, 0.25) is 0 Å². The molecular formula is C13H21N3O2S. The molecule has 0 aliphatic carbocycles. The summed E-state index contributed by atoms with van der Waals surface area (Å²) in [6.45, 7) is 4.38. The summed E-state index contributed by atoms with van der Waals surface area (Å²) < 4.78 is 29.0. The van der Waals surface area contributed by atoms with E-state index in [0.29, 0.717) is 17.9 Å². The molecular weight excluding hydrogens is 262 g/mol. The normalized spacial score (nSPS) is 21.3. The van der Waals surface area contributed by atoms with Crippen molar-refractivity contribution in [2.45, 2.75) is 39.2 Å². The molecule has 0 bridgehead atoms. The molecule has 2 rings (SSSR count). The number of hydrogen-bond acceptors (Lipinski definition) is 3. The predicted octanol–water partition coefficient (Wildman–Crippen LogP) is 2.11. The fraction of sp³-hybridized carbons (Fsp3) is 0.538. The molecule has 1 heterocycles. The lowest BCUT2D eigenvalue weighted by Gasteiger charge is -2.32. The number of nitrogens with zero attached hydrogens (tertiary/aromatic N) is 1. The summed E-state index contributed by atoms with van der Waals surface area (Å²) in [5.74, 6) is 0. The SMILES string of the molecule is Cc1cc(N)ccc1NS(=O)(=O)N1CCCCC1C. The van der Waals surface area contributed by atoms with Crippen molar-refractivity contribution in [3.05, 3.63) is 23.8 Å². The van der Waals surface area contributed by atoms with E-state index >= 15 is 0 Å². The first-order chi connectivity index (χ1) is 8.90. The first-order valence-electron chi connectivity index (χ1n) is 6.56. The lowest BCUT2D eigenvalue weighted by Crippen LogP contribution is -2.44. The number of piperidine rings is 1. The monoisotopic (exact) mass is 283 g/mol. The van der Waals surface area contributed by atoms with Gasteiger partial charge in [0.25, 0.3) is 0 Å². The molecule has 6 heteroatoms. The molecule has 106 valence electrons. The summed E-state index contributed by atoms with van der Waals surface area (Å²) in [7, 11) is -3.48. The Bertz CT molecular complexity index is 557. The Balaban J connectivity index is 2.20. The van der Waals surface area contributed by atoms with Crippen molar-refractivity contribution in [3.63, 3.8) is 0 Å². The molecule has 0 aromatic heterocycles. The number of anilines is 2. The van der Waals surface area contributed by atoms with E-state index in [9.17, 15) is 8.42 Å². The zero-order valence-corrected chi connectivity index (χ0v) is 12.2. The van der Waals surface area contributed by atoms with Crippen molar-refractivity contribution in [2.75, 3.05) is 17.0 Å². The number of hydrogen-bond donors (Lipinski definition) is 2. The van der Waals surface area contributed by atoms with E-state index in [4.69, 9.17) is 5.73 Å². The van der Waals surface area contributed by atoms with E-state index in [1.807, 2.05) is 13.8 Å². The average Bonchev–Trinajstić information content (AvgIpc) is 2.33. The number of benzene rings is 1. The second-order valence-electron chi connectivity index (χ2n) is 5.14. The van der Waals surface area contributed by atoms with Crippen LogP contribution in [0.25, 0.3) is 0 Å². The molecule has 1 aliphatic rings. The summed E-state index contributed by atoms with van der Waals surface area (Å²) in [5.41, 5.74) is 7.72. The Morgan fingerprint density at radius 1 is 1.37 bits per heavy atom. The molecule has 1 aliphatic heterocycles. The molecule has 19 heavy (non-hydrogen) atoms. The molecule has 1 unspecified atom stereocenters. The Morgan fingerprint density at radius 2 is 2.11 bits per heavy atom. The topological polar surface area (TPSA) is 75.4 Å². The van der Waals surface area contributed by atoms with Crippen molar-refractivity contribution in [1.82, 2.24) is 4.31 Å². The summed E-state index contributed by atoms with van der Waals surface area (Å²) in [6.07, 6.45) is 2.93. The first kappa shape index (κ1) is 14.1. The van der Waals surface area contributed by atoms with Crippen LogP contribution in [0.1, 0.15) is 31.7 Å². The van der Waals surface area contributed by atoms with Gasteiger partial charge < -0.3 is 5.73 Å². The van der Waals surface area contributed by atoms with Gasteiger partial charge >= 0.3 is 10.2 Å². The van der Waals surface area contributed by atoms with Gasteiger partial charge in [-0.2, -0.15) is 12.7 Å². The molecule has 5 nitrogen and oxygen atoms in total. The lowest BCUT2D eigenvalue weighted by atomic mass is 10.1. The van der Waals surface area contributed by atoms with Crippen LogP contribution in [-0.2, 0) is 10.2 Å². The quantitative estimate of drug-likeness (QED) is 0.834. The number of nitrogens with one attached hydrogen (secondary N) is 1. The molecule has 1 saturated heterocycles. The highest BCUT2D eigenvalue weighted by molar-refractivity contribution is 7.90. The highest BCUT2D eigenvalue weighted by atomic mass is 32.2. The van der Waals surface area contributed by atoms with Gasteiger partial charge in [-0.25, -0.2) is 0 Å². The number of nitrogens with two attached hydrogens (primary N) is 1. The van der Waals surface area contributed by atoms with Gasteiger partial charge in [-0.15, -0.1) is 0 Å². The third-order valence-corrected chi connectivity index (χ3v) is 5.18. The van der Waals surface area contributed by atoms with Gasteiger partial charge in [0.2, 0.25) is 0 Å². The molecule has 3 N–H and O–H groups in total. The summed E-state index contributed by atoms with van der Waals surface area (Å²) in [6, 6.07) is 5.22. The third-order valence-electron chi connectivity index (χ3n) is 3.54. The van der Waals surface area contributed by atoms with Crippen LogP contribution >= 0.6 is 0 Å². The molecule has 0 spiro atoms. The van der Waals surface area contributed by atoms with Crippen LogP contribution in [0, 0.1) is 6.92 Å². The molecule has 1 aromatic rings.